The molecule has 4 aromatic rings. The van der Waals surface area contributed by atoms with Gasteiger partial charge in [0.25, 0.3) is 0 Å². The minimum absolute atomic E-state index is 0.196. The summed E-state index contributed by atoms with van der Waals surface area (Å²) in [6.07, 6.45) is 4.50. The largest absolute Gasteiger partial charge is 0.497 e. The average Bonchev–Trinajstić information content (AvgIpc) is 3.17. The summed E-state index contributed by atoms with van der Waals surface area (Å²) in [5, 5.41) is 0. The third-order valence-electron chi connectivity index (χ3n) is 5.07. The van der Waals surface area contributed by atoms with Gasteiger partial charge in [-0.2, -0.15) is 0 Å². The van der Waals surface area contributed by atoms with Crippen molar-refractivity contribution >= 4 is 11.0 Å². The number of fused-ring (bicyclic) bond motifs is 2. The first kappa shape index (κ1) is 15.9. The lowest BCUT2D eigenvalue weighted by atomic mass is 9.96. The van der Waals surface area contributed by atoms with Crippen LogP contribution in [-0.4, -0.2) is 28.7 Å². The molecular formula is C22H19N3O2. The highest BCUT2D eigenvalue weighted by Gasteiger charge is 2.24. The molecule has 27 heavy (non-hydrogen) atoms. The molecule has 0 radical (unpaired) electrons. The second-order valence-corrected chi connectivity index (χ2v) is 6.78. The fraction of sp³-hybridized carbons (Fsp3) is 0.182. The number of nitrogens with zero attached hydrogens (tertiary/aromatic N) is 2. The predicted molar refractivity (Wildman–Crippen MR) is 104 cm³/mol. The number of hydrogen-bond donors (Lipinski definition) is 1. The summed E-state index contributed by atoms with van der Waals surface area (Å²) >= 11 is 0. The molecule has 2 aromatic heterocycles. The average molecular weight is 357 g/mol. The van der Waals surface area contributed by atoms with Crippen LogP contribution in [0, 0.1) is 0 Å². The Bertz CT molecular complexity index is 1110. The summed E-state index contributed by atoms with van der Waals surface area (Å²) < 4.78 is 11.3. The molecule has 0 spiro atoms. The lowest BCUT2D eigenvalue weighted by Crippen LogP contribution is -2.20. The van der Waals surface area contributed by atoms with Gasteiger partial charge in [-0.25, -0.2) is 4.98 Å². The Kier molecular flexibility index (Phi) is 3.78. The van der Waals surface area contributed by atoms with Crippen LogP contribution >= 0.6 is 0 Å². The smallest absolute Gasteiger partial charge is 0.122 e. The van der Waals surface area contributed by atoms with Gasteiger partial charge in [0.1, 0.15) is 17.3 Å². The van der Waals surface area contributed by atoms with Crippen molar-refractivity contribution in [3.63, 3.8) is 0 Å². The van der Waals surface area contributed by atoms with Crippen molar-refractivity contribution in [3.05, 3.63) is 72.3 Å². The van der Waals surface area contributed by atoms with Crippen LogP contribution in [0.25, 0.3) is 22.2 Å². The summed E-state index contributed by atoms with van der Waals surface area (Å²) in [5.74, 6) is 2.94. The van der Waals surface area contributed by atoms with Crippen LogP contribution in [-0.2, 0) is 6.42 Å². The van der Waals surface area contributed by atoms with Crippen molar-refractivity contribution in [2.45, 2.75) is 12.3 Å². The highest BCUT2D eigenvalue weighted by Crippen LogP contribution is 2.34. The van der Waals surface area contributed by atoms with Gasteiger partial charge in [0, 0.05) is 12.4 Å². The Morgan fingerprint density at radius 3 is 2.78 bits per heavy atom. The van der Waals surface area contributed by atoms with Crippen LogP contribution in [0.5, 0.6) is 11.5 Å². The number of methoxy groups -OCH3 is 1. The predicted octanol–water partition coefficient (Wildman–Crippen LogP) is 4.35. The molecule has 3 heterocycles. The number of hydrogen-bond acceptors (Lipinski definition) is 4. The molecule has 0 saturated heterocycles. The van der Waals surface area contributed by atoms with Gasteiger partial charge < -0.3 is 14.5 Å². The normalized spacial score (nSPS) is 16.0. The number of H-pyrrole nitrogens is 1. The van der Waals surface area contributed by atoms with E-state index in [1.165, 1.54) is 0 Å². The van der Waals surface area contributed by atoms with E-state index in [0.717, 1.165) is 51.5 Å². The third kappa shape index (κ3) is 2.91. The molecule has 1 aliphatic rings. The van der Waals surface area contributed by atoms with Gasteiger partial charge in [-0.3, -0.25) is 4.98 Å². The van der Waals surface area contributed by atoms with E-state index in [-0.39, 0.29) is 5.92 Å². The summed E-state index contributed by atoms with van der Waals surface area (Å²) in [7, 11) is 1.68. The van der Waals surface area contributed by atoms with E-state index in [1.807, 2.05) is 42.7 Å². The molecule has 0 saturated carbocycles. The van der Waals surface area contributed by atoms with Crippen molar-refractivity contribution in [1.82, 2.24) is 15.0 Å². The number of pyridine rings is 1. The Morgan fingerprint density at radius 2 is 1.93 bits per heavy atom. The minimum atomic E-state index is 0.196. The maximum atomic E-state index is 5.96. The van der Waals surface area contributed by atoms with Crippen LogP contribution < -0.4 is 9.47 Å². The molecule has 134 valence electrons. The molecule has 1 N–H and O–H groups in total. The maximum absolute atomic E-state index is 5.96. The van der Waals surface area contributed by atoms with E-state index < -0.39 is 0 Å². The first-order chi connectivity index (χ1) is 13.3. The van der Waals surface area contributed by atoms with Crippen molar-refractivity contribution in [2.24, 2.45) is 0 Å². The molecule has 1 atom stereocenters. The van der Waals surface area contributed by atoms with Gasteiger partial charge in [-0.15, -0.1) is 0 Å². The number of benzene rings is 2. The summed E-state index contributed by atoms with van der Waals surface area (Å²) in [4.78, 5) is 12.4. The number of rotatable bonds is 3. The minimum Gasteiger partial charge on any atom is -0.497 e. The lowest BCUT2D eigenvalue weighted by Gasteiger charge is -2.24. The van der Waals surface area contributed by atoms with E-state index in [4.69, 9.17) is 14.5 Å². The molecule has 5 rings (SSSR count). The Balaban J connectivity index is 1.47. The monoisotopic (exact) mass is 357 g/mol. The fourth-order valence-electron chi connectivity index (χ4n) is 3.62. The van der Waals surface area contributed by atoms with Crippen molar-refractivity contribution in [1.29, 1.82) is 0 Å². The van der Waals surface area contributed by atoms with E-state index in [9.17, 15) is 0 Å². The topological polar surface area (TPSA) is 60.0 Å². The van der Waals surface area contributed by atoms with Gasteiger partial charge in [0.05, 0.1) is 30.7 Å². The highest BCUT2D eigenvalue weighted by atomic mass is 16.5. The van der Waals surface area contributed by atoms with Crippen LogP contribution in [0.2, 0.25) is 0 Å². The summed E-state index contributed by atoms with van der Waals surface area (Å²) in [6.45, 7) is 0.621. The van der Waals surface area contributed by atoms with Gasteiger partial charge in [-0.05, 0) is 65.6 Å². The number of aromatic amines is 1. The van der Waals surface area contributed by atoms with E-state index in [2.05, 4.69) is 28.2 Å². The molecule has 0 fully saturated rings. The second-order valence-electron chi connectivity index (χ2n) is 6.78. The first-order valence-corrected chi connectivity index (χ1v) is 9.00. The van der Waals surface area contributed by atoms with Gasteiger partial charge in [-0.1, -0.05) is 6.07 Å². The SMILES string of the molecule is COc1ccc2c(c1)C[C@H](c1nc3ccc(-c4ccncc4)cc3[nH]1)CO2. The van der Waals surface area contributed by atoms with E-state index in [1.54, 1.807) is 7.11 Å². The molecule has 2 aromatic carbocycles. The second kappa shape index (κ2) is 6.43. The van der Waals surface area contributed by atoms with Crippen molar-refractivity contribution in [2.75, 3.05) is 13.7 Å². The number of aromatic nitrogens is 3. The zero-order valence-electron chi connectivity index (χ0n) is 15.0. The number of nitrogens with one attached hydrogen (secondary N) is 1. The summed E-state index contributed by atoms with van der Waals surface area (Å²) in [6, 6.07) is 16.3. The molecule has 5 heteroatoms. The number of ether oxygens (including phenoxy) is 2. The van der Waals surface area contributed by atoms with Crippen LogP contribution in [0.4, 0.5) is 0 Å². The van der Waals surface area contributed by atoms with Gasteiger partial charge in [0.15, 0.2) is 0 Å². The van der Waals surface area contributed by atoms with Crippen molar-refractivity contribution in [3.8, 4) is 22.6 Å². The third-order valence-corrected chi connectivity index (χ3v) is 5.07. The van der Waals surface area contributed by atoms with Gasteiger partial charge in [0.2, 0.25) is 0 Å². The quantitative estimate of drug-likeness (QED) is 0.592. The Labute approximate surface area is 157 Å². The van der Waals surface area contributed by atoms with E-state index in [0.29, 0.717) is 6.61 Å². The molecule has 0 unspecified atom stereocenters. The number of imidazole rings is 1. The molecule has 1 aliphatic heterocycles. The molecule has 0 bridgehead atoms. The fourth-order valence-corrected chi connectivity index (χ4v) is 3.62. The van der Waals surface area contributed by atoms with Crippen molar-refractivity contribution < 1.29 is 9.47 Å². The van der Waals surface area contributed by atoms with E-state index >= 15 is 0 Å². The van der Waals surface area contributed by atoms with Crippen LogP contribution in [0.3, 0.4) is 0 Å². The zero-order valence-corrected chi connectivity index (χ0v) is 15.0. The molecular weight excluding hydrogens is 338 g/mol. The highest BCUT2D eigenvalue weighted by molar-refractivity contribution is 5.82. The standard InChI is InChI=1S/C22H19N3O2/c1-26-18-3-5-21-16(11-18)10-17(13-27-21)22-24-19-4-2-15(12-20(19)25-22)14-6-8-23-9-7-14/h2-9,11-12,17H,10,13H2,1H3,(H,24,25)/t17-/m0/s1. The van der Waals surface area contributed by atoms with Crippen LogP contribution in [0.15, 0.2) is 60.9 Å². The Morgan fingerprint density at radius 1 is 1.04 bits per heavy atom. The Hall–Kier alpha value is -3.34. The summed E-state index contributed by atoms with van der Waals surface area (Å²) in [5.41, 5.74) is 5.46. The van der Waals surface area contributed by atoms with Crippen LogP contribution in [0.1, 0.15) is 17.3 Å². The maximum Gasteiger partial charge on any atom is 0.122 e. The molecule has 0 amide bonds. The molecule has 5 nitrogen and oxygen atoms in total. The lowest BCUT2D eigenvalue weighted by molar-refractivity contribution is 0.257. The van der Waals surface area contributed by atoms with Gasteiger partial charge >= 0.3 is 0 Å². The zero-order chi connectivity index (χ0) is 18.2. The first-order valence-electron chi connectivity index (χ1n) is 9.00. The molecule has 0 aliphatic carbocycles.